The van der Waals surface area contributed by atoms with Crippen LogP contribution < -0.4 is 10.5 Å². The number of hydrogen-bond donors (Lipinski definition) is 1. The van der Waals surface area contributed by atoms with Gasteiger partial charge in [-0.25, -0.2) is 8.78 Å². The van der Waals surface area contributed by atoms with Gasteiger partial charge in [0.05, 0.1) is 11.0 Å². The maximum absolute atomic E-state index is 13.7. The fourth-order valence-electron chi connectivity index (χ4n) is 1.61. The van der Waals surface area contributed by atoms with Gasteiger partial charge in [-0.2, -0.15) is 0 Å². The maximum Gasteiger partial charge on any atom is 0.273 e. The van der Waals surface area contributed by atoms with Crippen LogP contribution in [-0.2, 0) is 6.54 Å². The second-order valence-corrected chi connectivity index (χ2v) is 3.95. The van der Waals surface area contributed by atoms with Crippen LogP contribution in [0.25, 0.3) is 0 Å². The first-order valence-corrected chi connectivity index (χ1v) is 5.61. The molecule has 0 aliphatic rings. The van der Waals surface area contributed by atoms with Gasteiger partial charge < -0.3 is 10.5 Å². The molecule has 2 aromatic rings. The van der Waals surface area contributed by atoms with Crippen molar-refractivity contribution in [2.75, 3.05) is 0 Å². The van der Waals surface area contributed by atoms with E-state index in [2.05, 4.69) is 0 Å². The molecule has 0 bridgehead atoms. The number of non-ortho nitro benzene ring substituents is 1. The van der Waals surface area contributed by atoms with Crippen molar-refractivity contribution in [1.82, 2.24) is 0 Å². The summed E-state index contributed by atoms with van der Waals surface area (Å²) in [5, 5.41) is 10.6. The number of halogens is 2. The van der Waals surface area contributed by atoms with Crippen LogP contribution in [0.5, 0.6) is 11.5 Å². The molecule has 2 rings (SSSR count). The second kappa shape index (κ2) is 5.62. The van der Waals surface area contributed by atoms with Crippen molar-refractivity contribution in [3.05, 3.63) is 63.7 Å². The smallest absolute Gasteiger partial charge is 0.273 e. The summed E-state index contributed by atoms with van der Waals surface area (Å²) in [7, 11) is 0. The Bertz CT molecular complexity index is 639. The lowest BCUT2D eigenvalue weighted by Gasteiger charge is -2.09. The summed E-state index contributed by atoms with van der Waals surface area (Å²) >= 11 is 0. The Morgan fingerprint density at radius 2 is 1.85 bits per heavy atom. The zero-order chi connectivity index (χ0) is 14.7. The molecule has 0 amide bonds. The first-order valence-electron chi connectivity index (χ1n) is 5.61. The van der Waals surface area contributed by atoms with Gasteiger partial charge in [-0.1, -0.05) is 6.07 Å². The highest BCUT2D eigenvalue weighted by Crippen LogP contribution is 2.30. The Labute approximate surface area is 112 Å². The standard InChI is InChI=1S/C13H10F2N2O3/c14-11-4-8(7-16)5-12(15)13(11)20-10-3-1-2-9(6-10)17(18)19/h1-6H,7,16H2. The fourth-order valence-corrected chi connectivity index (χ4v) is 1.61. The molecule has 0 atom stereocenters. The second-order valence-electron chi connectivity index (χ2n) is 3.95. The molecule has 2 N–H and O–H groups in total. The van der Waals surface area contributed by atoms with Gasteiger partial charge in [0, 0.05) is 12.6 Å². The Morgan fingerprint density at radius 1 is 1.20 bits per heavy atom. The Morgan fingerprint density at radius 3 is 2.40 bits per heavy atom. The molecule has 0 aromatic heterocycles. The van der Waals surface area contributed by atoms with Gasteiger partial charge in [-0.05, 0) is 23.8 Å². The summed E-state index contributed by atoms with van der Waals surface area (Å²) in [4.78, 5) is 9.98. The molecule has 0 saturated heterocycles. The highest BCUT2D eigenvalue weighted by atomic mass is 19.1. The topological polar surface area (TPSA) is 78.4 Å². The van der Waals surface area contributed by atoms with Crippen LogP contribution in [0.3, 0.4) is 0 Å². The van der Waals surface area contributed by atoms with Crippen molar-refractivity contribution in [3.63, 3.8) is 0 Å². The minimum atomic E-state index is -0.919. The summed E-state index contributed by atoms with van der Waals surface area (Å²) < 4.78 is 32.4. The first-order chi connectivity index (χ1) is 9.51. The average Bonchev–Trinajstić information content (AvgIpc) is 2.42. The highest BCUT2D eigenvalue weighted by Gasteiger charge is 2.15. The van der Waals surface area contributed by atoms with Crippen molar-refractivity contribution in [2.45, 2.75) is 6.54 Å². The lowest BCUT2D eigenvalue weighted by molar-refractivity contribution is -0.384. The van der Waals surface area contributed by atoms with Crippen LogP contribution in [-0.4, -0.2) is 4.92 Å². The van der Waals surface area contributed by atoms with Gasteiger partial charge in [0.25, 0.3) is 5.69 Å². The summed E-state index contributed by atoms with van der Waals surface area (Å²) in [5.74, 6) is -2.49. The van der Waals surface area contributed by atoms with E-state index < -0.39 is 22.3 Å². The number of nitro benzene ring substituents is 1. The number of nitrogens with two attached hydrogens (primary N) is 1. The number of ether oxygens (including phenoxy) is 1. The van der Waals surface area contributed by atoms with Crippen LogP contribution in [0.2, 0.25) is 0 Å². The van der Waals surface area contributed by atoms with E-state index in [9.17, 15) is 18.9 Å². The lowest BCUT2D eigenvalue weighted by Crippen LogP contribution is -2.00. The Hall–Kier alpha value is -2.54. The van der Waals surface area contributed by atoms with Gasteiger partial charge in [0.2, 0.25) is 0 Å². The predicted octanol–water partition coefficient (Wildman–Crippen LogP) is 3.12. The fraction of sp³-hybridized carbons (Fsp3) is 0.0769. The normalized spacial score (nSPS) is 10.3. The third-order valence-corrected chi connectivity index (χ3v) is 2.54. The zero-order valence-electron chi connectivity index (χ0n) is 10.2. The minimum Gasteiger partial charge on any atom is -0.451 e. The molecule has 0 heterocycles. The molecule has 0 unspecified atom stereocenters. The van der Waals surface area contributed by atoms with E-state index >= 15 is 0 Å². The third kappa shape index (κ3) is 2.89. The number of rotatable bonds is 4. The molecule has 2 aromatic carbocycles. The molecule has 0 aliphatic carbocycles. The number of nitro groups is 1. The molecule has 0 spiro atoms. The average molecular weight is 280 g/mol. The van der Waals surface area contributed by atoms with E-state index in [1.807, 2.05) is 0 Å². The van der Waals surface area contributed by atoms with Crippen LogP contribution in [0.15, 0.2) is 36.4 Å². The Balaban J connectivity index is 2.35. The van der Waals surface area contributed by atoms with Gasteiger partial charge >= 0.3 is 0 Å². The maximum atomic E-state index is 13.7. The summed E-state index contributed by atoms with van der Waals surface area (Å²) in [6.45, 7) is -0.00900. The van der Waals surface area contributed by atoms with Crippen molar-refractivity contribution in [1.29, 1.82) is 0 Å². The molecule has 0 fully saturated rings. The molecule has 104 valence electrons. The van der Waals surface area contributed by atoms with E-state index in [0.29, 0.717) is 0 Å². The lowest BCUT2D eigenvalue weighted by atomic mass is 10.2. The van der Waals surface area contributed by atoms with Crippen molar-refractivity contribution in [2.24, 2.45) is 5.73 Å². The highest BCUT2D eigenvalue weighted by molar-refractivity contribution is 5.41. The molecule has 7 heteroatoms. The molecule has 0 radical (unpaired) electrons. The number of hydrogen-bond acceptors (Lipinski definition) is 4. The largest absolute Gasteiger partial charge is 0.451 e. The van der Waals surface area contributed by atoms with Crippen LogP contribution in [0.4, 0.5) is 14.5 Å². The van der Waals surface area contributed by atoms with Crippen molar-refractivity contribution >= 4 is 5.69 Å². The predicted molar refractivity (Wildman–Crippen MR) is 67.4 cm³/mol. The minimum absolute atomic E-state index is 0.00900. The summed E-state index contributed by atoms with van der Waals surface area (Å²) in [6, 6.07) is 7.15. The first kappa shape index (κ1) is 13.9. The van der Waals surface area contributed by atoms with E-state index in [-0.39, 0.29) is 23.5 Å². The van der Waals surface area contributed by atoms with Gasteiger partial charge in [-0.3, -0.25) is 10.1 Å². The quantitative estimate of drug-likeness (QED) is 0.689. The van der Waals surface area contributed by atoms with Crippen LogP contribution >= 0.6 is 0 Å². The number of benzene rings is 2. The van der Waals surface area contributed by atoms with E-state index in [0.717, 1.165) is 18.2 Å². The molecular formula is C13H10F2N2O3. The van der Waals surface area contributed by atoms with Crippen molar-refractivity contribution < 1.29 is 18.4 Å². The monoisotopic (exact) mass is 280 g/mol. The van der Waals surface area contributed by atoms with Crippen LogP contribution in [0, 0.1) is 21.7 Å². The zero-order valence-corrected chi connectivity index (χ0v) is 10.2. The summed E-state index contributed by atoms with van der Waals surface area (Å²) in [5.41, 5.74) is 5.34. The van der Waals surface area contributed by atoms with Gasteiger partial charge in [0.15, 0.2) is 17.4 Å². The van der Waals surface area contributed by atoms with E-state index in [1.165, 1.54) is 18.2 Å². The molecular weight excluding hydrogens is 270 g/mol. The van der Waals surface area contributed by atoms with E-state index in [4.69, 9.17) is 10.5 Å². The molecule has 5 nitrogen and oxygen atoms in total. The third-order valence-electron chi connectivity index (χ3n) is 2.54. The van der Waals surface area contributed by atoms with Gasteiger partial charge in [-0.15, -0.1) is 0 Å². The van der Waals surface area contributed by atoms with Crippen molar-refractivity contribution in [3.8, 4) is 11.5 Å². The summed E-state index contributed by atoms with van der Waals surface area (Å²) in [6.07, 6.45) is 0. The number of nitrogens with zero attached hydrogens (tertiary/aromatic N) is 1. The molecule has 0 saturated carbocycles. The molecule has 20 heavy (non-hydrogen) atoms. The Kier molecular flexibility index (Phi) is 3.90. The van der Waals surface area contributed by atoms with Crippen LogP contribution in [0.1, 0.15) is 5.56 Å². The molecule has 0 aliphatic heterocycles. The SMILES string of the molecule is NCc1cc(F)c(Oc2cccc([N+](=O)[O-])c2)c(F)c1. The van der Waals surface area contributed by atoms with Gasteiger partial charge in [0.1, 0.15) is 5.75 Å². The van der Waals surface area contributed by atoms with E-state index in [1.54, 1.807) is 0 Å².